The van der Waals surface area contributed by atoms with Gasteiger partial charge in [0, 0.05) is 24.5 Å². The molecule has 3 aliphatic rings. The Labute approximate surface area is 143 Å². The monoisotopic (exact) mass is 342 g/mol. The van der Waals surface area contributed by atoms with Crippen molar-refractivity contribution in [2.24, 2.45) is 11.8 Å². The number of rotatable bonds is 3. The number of nitrogens with one attached hydrogen (secondary N) is 2. The van der Waals surface area contributed by atoms with Crippen molar-refractivity contribution in [2.45, 2.75) is 37.8 Å². The molecule has 2 bridgehead atoms. The Hall–Kier alpha value is -2.44. The van der Waals surface area contributed by atoms with Gasteiger partial charge in [0.15, 0.2) is 5.69 Å². The van der Waals surface area contributed by atoms with Gasteiger partial charge in [0.25, 0.3) is 5.91 Å². The number of benzene rings is 1. The number of amides is 2. The maximum Gasteiger partial charge on any atom is 0.272 e. The summed E-state index contributed by atoms with van der Waals surface area (Å²) in [7, 11) is 0. The molecule has 25 heavy (non-hydrogen) atoms. The van der Waals surface area contributed by atoms with Crippen LogP contribution in [0, 0.1) is 17.7 Å². The molecule has 0 radical (unpaired) electrons. The summed E-state index contributed by atoms with van der Waals surface area (Å²) < 4.78 is 14.0. The Kier molecular flexibility index (Phi) is 3.14. The van der Waals surface area contributed by atoms with Crippen LogP contribution in [-0.2, 0) is 4.79 Å². The number of hydrogen-bond acceptors (Lipinski definition) is 3. The third-order valence-electron chi connectivity index (χ3n) is 5.82. The molecule has 130 valence electrons. The van der Waals surface area contributed by atoms with Gasteiger partial charge in [-0.1, -0.05) is 6.07 Å². The highest BCUT2D eigenvalue weighted by Crippen LogP contribution is 2.41. The van der Waals surface area contributed by atoms with Crippen molar-refractivity contribution in [2.75, 3.05) is 6.54 Å². The van der Waals surface area contributed by atoms with Crippen LogP contribution in [0.4, 0.5) is 4.39 Å². The second-order valence-electron chi connectivity index (χ2n) is 7.46. The number of carbonyl (C=O) groups is 2. The van der Waals surface area contributed by atoms with Crippen molar-refractivity contribution in [3.05, 3.63) is 29.7 Å². The van der Waals surface area contributed by atoms with E-state index in [1.54, 1.807) is 12.1 Å². The first-order chi connectivity index (χ1) is 12.1. The van der Waals surface area contributed by atoms with E-state index < -0.39 is 5.82 Å². The van der Waals surface area contributed by atoms with E-state index in [0.717, 1.165) is 32.2 Å². The second-order valence-corrected chi connectivity index (χ2v) is 7.46. The minimum Gasteiger partial charge on any atom is -0.347 e. The van der Waals surface area contributed by atoms with Crippen molar-refractivity contribution >= 4 is 22.7 Å². The van der Waals surface area contributed by atoms with E-state index in [2.05, 4.69) is 15.5 Å². The molecule has 6 nitrogen and oxygen atoms in total. The summed E-state index contributed by atoms with van der Waals surface area (Å²) in [5.41, 5.74) is 0.612. The zero-order valence-corrected chi connectivity index (χ0v) is 13.7. The van der Waals surface area contributed by atoms with Crippen LogP contribution in [0.5, 0.6) is 0 Å². The highest BCUT2D eigenvalue weighted by Gasteiger charge is 2.49. The van der Waals surface area contributed by atoms with Gasteiger partial charge in [0.2, 0.25) is 5.91 Å². The Morgan fingerprint density at radius 3 is 2.84 bits per heavy atom. The summed E-state index contributed by atoms with van der Waals surface area (Å²) in [6, 6.07) is 4.86. The van der Waals surface area contributed by atoms with Gasteiger partial charge in [0.05, 0.1) is 10.9 Å². The van der Waals surface area contributed by atoms with Gasteiger partial charge in [-0.15, -0.1) is 0 Å². The topological polar surface area (TPSA) is 78.1 Å². The van der Waals surface area contributed by atoms with E-state index in [1.165, 1.54) is 6.07 Å². The fraction of sp³-hybridized carbons (Fsp3) is 0.500. The molecule has 0 unspecified atom stereocenters. The molecule has 2 aromatic rings. The van der Waals surface area contributed by atoms with E-state index in [4.69, 9.17) is 0 Å². The summed E-state index contributed by atoms with van der Waals surface area (Å²) in [4.78, 5) is 26.9. The minimum absolute atomic E-state index is 0.0271. The van der Waals surface area contributed by atoms with Crippen LogP contribution in [0.15, 0.2) is 18.2 Å². The lowest BCUT2D eigenvalue weighted by Crippen LogP contribution is -2.48. The van der Waals surface area contributed by atoms with Crippen LogP contribution in [0.1, 0.15) is 36.2 Å². The molecular weight excluding hydrogens is 323 g/mol. The van der Waals surface area contributed by atoms with E-state index in [9.17, 15) is 14.0 Å². The van der Waals surface area contributed by atoms with Gasteiger partial charge in [-0.25, -0.2) is 4.39 Å². The maximum atomic E-state index is 14.0. The van der Waals surface area contributed by atoms with E-state index in [1.807, 2.05) is 4.90 Å². The Morgan fingerprint density at radius 1 is 1.28 bits per heavy atom. The number of piperidine rings is 1. The first-order valence-corrected chi connectivity index (χ1v) is 8.85. The predicted molar refractivity (Wildman–Crippen MR) is 88.3 cm³/mol. The van der Waals surface area contributed by atoms with Gasteiger partial charge in [0.1, 0.15) is 5.82 Å². The summed E-state index contributed by atoms with van der Waals surface area (Å²) in [6.45, 7) is 0.723. The Bertz CT molecular complexity index is 875. The highest BCUT2D eigenvalue weighted by molar-refractivity contribution is 6.05. The van der Waals surface area contributed by atoms with Gasteiger partial charge in [-0.2, -0.15) is 5.10 Å². The molecule has 0 spiro atoms. The molecule has 3 fully saturated rings. The quantitative estimate of drug-likeness (QED) is 0.893. The molecule has 2 amide bonds. The fourth-order valence-corrected chi connectivity index (χ4v) is 4.40. The number of fused-ring (bicyclic) bond motifs is 3. The normalized spacial score (nSPS) is 27.9. The SMILES string of the molecule is O=C(N[C@H]1C[C@H]2C[C@H]1CN2C(=O)C1CC1)c1n[nH]c2cccc(F)c12. The molecule has 1 aliphatic heterocycles. The van der Waals surface area contributed by atoms with Crippen LogP contribution in [0.2, 0.25) is 0 Å². The molecule has 1 aromatic heterocycles. The molecular formula is C18H19FN4O2. The number of nitrogens with zero attached hydrogens (tertiary/aromatic N) is 2. The van der Waals surface area contributed by atoms with Crippen molar-refractivity contribution in [1.82, 2.24) is 20.4 Å². The number of carbonyl (C=O) groups excluding carboxylic acids is 2. The van der Waals surface area contributed by atoms with Crippen molar-refractivity contribution in [1.29, 1.82) is 0 Å². The zero-order valence-electron chi connectivity index (χ0n) is 13.7. The number of aromatic amines is 1. The number of aromatic nitrogens is 2. The summed E-state index contributed by atoms with van der Waals surface area (Å²) in [5.74, 6) is 0.00894. The molecule has 2 heterocycles. The maximum absolute atomic E-state index is 14.0. The average molecular weight is 342 g/mol. The molecule has 1 aromatic carbocycles. The van der Waals surface area contributed by atoms with E-state index >= 15 is 0 Å². The van der Waals surface area contributed by atoms with Gasteiger partial charge < -0.3 is 10.2 Å². The number of H-pyrrole nitrogens is 1. The lowest BCUT2D eigenvalue weighted by atomic mass is 10.0. The standard InChI is InChI=1S/C18H19FN4O2/c19-12-2-1-3-13-15(12)16(22-21-13)17(24)20-14-7-11-6-10(14)8-23(11)18(25)9-4-5-9/h1-3,9-11,14H,4-8H2,(H,20,24)(H,21,22)/t10-,11+,14-/m0/s1. The van der Waals surface area contributed by atoms with E-state index in [-0.39, 0.29) is 46.8 Å². The Balaban J connectivity index is 1.30. The molecule has 3 atom stereocenters. The lowest BCUT2D eigenvalue weighted by Gasteiger charge is -2.32. The van der Waals surface area contributed by atoms with Crippen molar-refractivity contribution in [3.63, 3.8) is 0 Å². The largest absolute Gasteiger partial charge is 0.347 e. The molecule has 1 saturated heterocycles. The van der Waals surface area contributed by atoms with Crippen LogP contribution in [0.3, 0.4) is 0 Å². The Morgan fingerprint density at radius 2 is 2.12 bits per heavy atom. The second kappa shape index (κ2) is 5.28. The third-order valence-corrected chi connectivity index (χ3v) is 5.82. The number of likely N-dealkylation sites (tertiary alicyclic amines) is 1. The average Bonchev–Trinajstić information content (AvgIpc) is 3.05. The molecule has 7 heteroatoms. The first-order valence-electron chi connectivity index (χ1n) is 8.85. The molecule has 5 rings (SSSR count). The van der Waals surface area contributed by atoms with Gasteiger partial charge >= 0.3 is 0 Å². The van der Waals surface area contributed by atoms with Crippen molar-refractivity contribution in [3.8, 4) is 0 Å². The highest BCUT2D eigenvalue weighted by atomic mass is 19.1. The van der Waals surface area contributed by atoms with Crippen LogP contribution < -0.4 is 5.32 Å². The molecule has 2 aliphatic carbocycles. The van der Waals surface area contributed by atoms with E-state index in [0.29, 0.717) is 5.52 Å². The van der Waals surface area contributed by atoms with Crippen LogP contribution in [-0.4, -0.2) is 45.5 Å². The third kappa shape index (κ3) is 2.33. The van der Waals surface area contributed by atoms with Gasteiger partial charge in [-0.3, -0.25) is 14.7 Å². The zero-order chi connectivity index (χ0) is 17.1. The van der Waals surface area contributed by atoms with Crippen LogP contribution >= 0.6 is 0 Å². The minimum atomic E-state index is -0.453. The molecule has 2 saturated carbocycles. The fourth-order valence-electron chi connectivity index (χ4n) is 4.40. The number of hydrogen-bond donors (Lipinski definition) is 2. The first kappa shape index (κ1) is 14.9. The smallest absolute Gasteiger partial charge is 0.272 e. The van der Waals surface area contributed by atoms with Crippen molar-refractivity contribution < 1.29 is 14.0 Å². The summed E-state index contributed by atoms with van der Waals surface area (Å²) >= 11 is 0. The lowest BCUT2D eigenvalue weighted by molar-refractivity contribution is -0.134. The predicted octanol–water partition coefficient (Wildman–Crippen LogP) is 1.83. The summed E-state index contributed by atoms with van der Waals surface area (Å²) in [5, 5.41) is 9.94. The van der Waals surface area contributed by atoms with Gasteiger partial charge in [-0.05, 0) is 43.7 Å². The number of halogens is 1. The van der Waals surface area contributed by atoms with Crippen LogP contribution in [0.25, 0.3) is 10.9 Å². The summed E-state index contributed by atoms with van der Waals surface area (Å²) in [6.07, 6.45) is 3.76. The molecule has 2 N–H and O–H groups in total.